The topological polar surface area (TPSA) is 83.6 Å². The Balaban J connectivity index is 2.40. The normalized spacial score (nSPS) is 21.0. The molecule has 1 unspecified atom stereocenters. The molecule has 0 aliphatic carbocycles. The maximum absolute atomic E-state index is 12.6. The van der Waals surface area contributed by atoms with Gasteiger partial charge >= 0.3 is 0 Å². The Morgan fingerprint density at radius 2 is 2.05 bits per heavy atom. The Morgan fingerprint density at radius 1 is 1.35 bits per heavy atom. The van der Waals surface area contributed by atoms with E-state index in [1.165, 1.54) is 17.4 Å². The van der Waals surface area contributed by atoms with Crippen LogP contribution in [0, 0.1) is 0 Å². The molecular weight excluding hydrogens is 300 g/mol. The van der Waals surface area contributed by atoms with Crippen molar-refractivity contribution in [2.24, 2.45) is 0 Å². The zero-order valence-corrected chi connectivity index (χ0v) is 12.9. The van der Waals surface area contributed by atoms with Gasteiger partial charge in [0.05, 0.1) is 6.54 Å². The Morgan fingerprint density at radius 3 is 2.60 bits per heavy atom. The smallest absolute Gasteiger partial charge is 0.253 e. The molecule has 2 amide bonds. The van der Waals surface area contributed by atoms with E-state index in [0.717, 1.165) is 15.6 Å². The fourth-order valence-corrected chi connectivity index (χ4v) is 5.13. The Hall–Kier alpha value is -1.25. The zero-order chi connectivity index (χ0) is 14.9. The number of aryl methyl sites for hydroxylation is 1. The third-order valence-corrected chi connectivity index (χ3v) is 6.70. The predicted octanol–water partition coefficient (Wildman–Crippen LogP) is 0.736. The van der Waals surface area contributed by atoms with Crippen LogP contribution in [0.1, 0.15) is 25.1 Å². The van der Waals surface area contributed by atoms with Gasteiger partial charge in [0.25, 0.3) is 10.0 Å². The predicted molar refractivity (Wildman–Crippen MR) is 74.8 cm³/mol. The van der Waals surface area contributed by atoms with Gasteiger partial charge in [0.1, 0.15) is 10.3 Å². The summed E-state index contributed by atoms with van der Waals surface area (Å²) >= 11 is 1.18. The molecule has 110 valence electrons. The molecule has 2 rings (SSSR count). The molecule has 1 aliphatic rings. The lowest BCUT2D eigenvalue weighted by Crippen LogP contribution is -2.59. The van der Waals surface area contributed by atoms with Gasteiger partial charge in [0, 0.05) is 4.88 Å². The van der Waals surface area contributed by atoms with Crippen molar-refractivity contribution in [2.45, 2.75) is 36.9 Å². The second-order valence-electron chi connectivity index (χ2n) is 4.46. The van der Waals surface area contributed by atoms with Crippen LogP contribution in [0.15, 0.2) is 16.3 Å². The fraction of sp³-hybridized carbons (Fsp3) is 0.500. The van der Waals surface area contributed by atoms with E-state index in [-0.39, 0.29) is 10.8 Å². The highest BCUT2D eigenvalue weighted by Crippen LogP contribution is 2.28. The summed E-state index contributed by atoms with van der Waals surface area (Å²) in [6.45, 7) is 3.34. The molecule has 0 radical (unpaired) electrons. The van der Waals surface area contributed by atoms with Crippen LogP contribution in [0.25, 0.3) is 0 Å². The fourth-order valence-electron chi connectivity index (χ4n) is 2.09. The van der Waals surface area contributed by atoms with Crippen LogP contribution < -0.4 is 5.32 Å². The lowest BCUT2D eigenvalue weighted by molar-refractivity contribution is -0.137. The first kappa shape index (κ1) is 15.1. The van der Waals surface area contributed by atoms with E-state index in [1.54, 1.807) is 13.0 Å². The highest BCUT2D eigenvalue weighted by molar-refractivity contribution is 7.91. The second-order valence-corrected chi connectivity index (χ2v) is 7.75. The molecule has 1 aliphatic heterocycles. The van der Waals surface area contributed by atoms with Crippen molar-refractivity contribution < 1.29 is 18.0 Å². The number of nitrogens with one attached hydrogen (secondary N) is 1. The SMILES string of the molecule is CCc1ccc(S(=O)(=O)N2CC(=O)NC(=O)C2CC)s1. The molecule has 0 saturated carbocycles. The van der Waals surface area contributed by atoms with Crippen molar-refractivity contribution in [2.75, 3.05) is 6.54 Å². The number of carbonyl (C=O) groups excluding carboxylic acids is 2. The molecule has 1 saturated heterocycles. The number of piperazine rings is 1. The van der Waals surface area contributed by atoms with Gasteiger partial charge in [-0.3, -0.25) is 14.9 Å². The number of imide groups is 1. The summed E-state index contributed by atoms with van der Waals surface area (Å²) < 4.78 is 26.3. The summed E-state index contributed by atoms with van der Waals surface area (Å²) in [6, 6.07) is 2.46. The largest absolute Gasteiger partial charge is 0.294 e. The van der Waals surface area contributed by atoms with Crippen LogP contribution >= 0.6 is 11.3 Å². The number of hydrogen-bond acceptors (Lipinski definition) is 5. The number of thiophene rings is 1. The summed E-state index contributed by atoms with van der Waals surface area (Å²) in [5.74, 6) is -1.14. The monoisotopic (exact) mass is 316 g/mol. The maximum Gasteiger partial charge on any atom is 0.253 e. The van der Waals surface area contributed by atoms with Crippen LogP contribution in [-0.2, 0) is 26.0 Å². The summed E-state index contributed by atoms with van der Waals surface area (Å²) in [6.07, 6.45) is 1.07. The molecule has 1 fully saturated rings. The minimum atomic E-state index is -3.81. The van der Waals surface area contributed by atoms with E-state index < -0.39 is 27.9 Å². The summed E-state index contributed by atoms with van der Waals surface area (Å²) in [4.78, 5) is 24.1. The first-order chi connectivity index (χ1) is 9.40. The van der Waals surface area contributed by atoms with E-state index in [1.807, 2.05) is 6.92 Å². The van der Waals surface area contributed by atoms with Gasteiger partial charge in [0.2, 0.25) is 11.8 Å². The Kier molecular flexibility index (Phi) is 4.26. The minimum Gasteiger partial charge on any atom is -0.294 e. The third kappa shape index (κ3) is 2.63. The third-order valence-electron chi connectivity index (χ3n) is 3.15. The van der Waals surface area contributed by atoms with E-state index >= 15 is 0 Å². The molecule has 2 heterocycles. The van der Waals surface area contributed by atoms with Gasteiger partial charge < -0.3 is 0 Å². The molecule has 0 bridgehead atoms. The number of nitrogens with zero attached hydrogens (tertiary/aromatic N) is 1. The molecule has 1 N–H and O–H groups in total. The number of sulfonamides is 1. The quantitative estimate of drug-likeness (QED) is 0.830. The van der Waals surface area contributed by atoms with E-state index in [2.05, 4.69) is 5.32 Å². The molecule has 1 atom stereocenters. The molecule has 8 heteroatoms. The molecule has 0 spiro atoms. The van der Waals surface area contributed by atoms with E-state index in [9.17, 15) is 18.0 Å². The first-order valence-electron chi connectivity index (χ1n) is 6.34. The molecule has 20 heavy (non-hydrogen) atoms. The van der Waals surface area contributed by atoms with Gasteiger partial charge in [-0.05, 0) is 25.0 Å². The highest BCUT2D eigenvalue weighted by Gasteiger charge is 2.41. The maximum atomic E-state index is 12.6. The van der Waals surface area contributed by atoms with E-state index in [4.69, 9.17) is 0 Å². The average Bonchev–Trinajstić information content (AvgIpc) is 2.87. The molecule has 6 nitrogen and oxygen atoms in total. The molecule has 1 aromatic heterocycles. The van der Waals surface area contributed by atoms with Crippen molar-refractivity contribution in [1.82, 2.24) is 9.62 Å². The van der Waals surface area contributed by atoms with Crippen LogP contribution in [0.5, 0.6) is 0 Å². The average molecular weight is 316 g/mol. The lowest BCUT2D eigenvalue weighted by Gasteiger charge is -2.31. The minimum absolute atomic E-state index is 0.176. The summed E-state index contributed by atoms with van der Waals surface area (Å²) in [7, 11) is -3.81. The number of hydrogen-bond donors (Lipinski definition) is 1. The Bertz CT molecular complexity index is 636. The van der Waals surface area contributed by atoms with E-state index in [0.29, 0.717) is 6.42 Å². The van der Waals surface area contributed by atoms with Gasteiger partial charge in [-0.2, -0.15) is 4.31 Å². The summed E-state index contributed by atoms with van der Waals surface area (Å²) in [5, 5.41) is 2.17. The van der Waals surface area contributed by atoms with Gasteiger partial charge in [-0.25, -0.2) is 8.42 Å². The number of rotatable bonds is 4. The Labute approximate surface area is 121 Å². The molecule has 1 aromatic rings. The van der Waals surface area contributed by atoms with Gasteiger partial charge in [0.15, 0.2) is 0 Å². The zero-order valence-electron chi connectivity index (χ0n) is 11.3. The van der Waals surface area contributed by atoms with Crippen molar-refractivity contribution in [3.8, 4) is 0 Å². The van der Waals surface area contributed by atoms with Crippen LogP contribution in [-0.4, -0.2) is 37.1 Å². The van der Waals surface area contributed by atoms with Crippen LogP contribution in [0.3, 0.4) is 0 Å². The second kappa shape index (κ2) is 5.63. The number of carbonyl (C=O) groups is 2. The van der Waals surface area contributed by atoms with Crippen molar-refractivity contribution in [3.05, 3.63) is 17.0 Å². The lowest BCUT2D eigenvalue weighted by atomic mass is 10.2. The summed E-state index contributed by atoms with van der Waals surface area (Å²) in [5.41, 5.74) is 0. The van der Waals surface area contributed by atoms with Crippen molar-refractivity contribution in [3.63, 3.8) is 0 Å². The van der Waals surface area contributed by atoms with Crippen LogP contribution in [0.2, 0.25) is 0 Å². The van der Waals surface area contributed by atoms with Crippen LogP contribution in [0.4, 0.5) is 0 Å². The van der Waals surface area contributed by atoms with Crippen molar-refractivity contribution in [1.29, 1.82) is 0 Å². The van der Waals surface area contributed by atoms with Gasteiger partial charge in [-0.15, -0.1) is 11.3 Å². The van der Waals surface area contributed by atoms with Gasteiger partial charge in [-0.1, -0.05) is 13.8 Å². The molecular formula is C12H16N2O4S2. The van der Waals surface area contributed by atoms with Crippen molar-refractivity contribution >= 4 is 33.2 Å². The molecule has 0 aromatic carbocycles. The number of amides is 2. The first-order valence-corrected chi connectivity index (χ1v) is 8.60. The highest BCUT2D eigenvalue weighted by atomic mass is 32.2. The standard InChI is InChI=1S/C12H16N2O4S2/c1-3-8-5-6-11(19-8)20(17,18)14-7-10(15)13-12(16)9(14)4-2/h5-6,9H,3-4,7H2,1-2H3,(H,13,15,16).